The molecule has 1 saturated heterocycles. The van der Waals surface area contributed by atoms with Crippen molar-refractivity contribution in [3.05, 3.63) is 95.8 Å². The molecule has 2 amide bonds. The molecule has 3 aliphatic rings. The van der Waals surface area contributed by atoms with Crippen molar-refractivity contribution in [3.63, 3.8) is 0 Å². The number of aliphatic imine (C=N–C) groups is 2. The first-order valence-electron chi connectivity index (χ1n) is 12.6. The third-order valence-electron chi connectivity index (χ3n) is 6.97. The number of hydrogen-bond acceptors (Lipinski definition) is 6. The van der Waals surface area contributed by atoms with Crippen LogP contribution in [-0.2, 0) is 16.0 Å². The highest BCUT2D eigenvalue weighted by atomic mass is 32.2. The van der Waals surface area contributed by atoms with Crippen molar-refractivity contribution in [3.8, 4) is 0 Å². The van der Waals surface area contributed by atoms with Gasteiger partial charge in [-0.1, -0.05) is 54.2 Å². The molecule has 38 heavy (non-hydrogen) atoms. The van der Waals surface area contributed by atoms with E-state index in [1.54, 1.807) is 17.0 Å². The molecular formula is C29H26FN5O2S. The van der Waals surface area contributed by atoms with Crippen LogP contribution in [0.1, 0.15) is 11.1 Å². The van der Waals surface area contributed by atoms with Gasteiger partial charge >= 0.3 is 0 Å². The van der Waals surface area contributed by atoms with Gasteiger partial charge in [-0.3, -0.25) is 14.6 Å². The molecule has 3 aromatic carbocycles. The molecule has 6 rings (SSSR count). The number of benzene rings is 3. The van der Waals surface area contributed by atoms with Crippen LogP contribution in [0.5, 0.6) is 0 Å². The number of para-hydroxylation sites is 1. The molecule has 0 radical (unpaired) electrons. The second-order valence-electron chi connectivity index (χ2n) is 9.38. The Kier molecular flexibility index (Phi) is 6.68. The Balaban J connectivity index is 1.14. The number of anilines is 1. The topological polar surface area (TPSA) is 68.6 Å². The molecular weight excluding hydrogens is 501 g/mol. The molecule has 7 nitrogen and oxygen atoms in total. The fraction of sp³-hybridized carbons (Fsp3) is 0.241. The van der Waals surface area contributed by atoms with Crippen LogP contribution in [0.3, 0.4) is 0 Å². The van der Waals surface area contributed by atoms with Gasteiger partial charge in [0.15, 0.2) is 5.17 Å². The lowest BCUT2D eigenvalue weighted by atomic mass is 10.1. The zero-order chi connectivity index (χ0) is 26.1. The van der Waals surface area contributed by atoms with Gasteiger partial charge in [-0.15, -0.1) is 0 Å². The molecule has 3 aliphatic heterocycles. The van der Waals surface area contributed by atoms with Crippen LogP contribution in [0, 0.1) is 5.82 Å². The summed E-state index contributed by atoms with van der Waals surface area (Å²) in [5.41, 5.74) is 3.57. The third-order valence-corrected chi connectivity index (χ3v) is 7.89. The molecule has 1 atom stereocenters. The highest BCUT2D eigenvalue weighted by molar-refractivity contribution is 8.14. The van der Waals surface area contributed by atoms with E-state index < -0.39 is 6.04 Å². The minimum atomic E-state index is -0.528. The zero-order valence-electron chi connectivity index (χ0n) is 20.7. The smallest absolute Gasteiger partial charge is 0.259 e. The molecule has 9 heteroatoms. The first-order chi connectivity index (χ1) is 18.6. The Morgan fingerprint density at radius 2 is 1.63 bits per heavy atom. The SMILES string of the molecule is O=C(CSC1=Nc2ccccc2C2=N[C@H](Cc3ccccc3)C(=O)N12)N1CCN(c2ccc(F)cc2)CC1. The van der Waals surface area contributed by atoms with Gasteiger partial charge in [0.2, 0.25) is 5.91 Å². The van der Waals surface area contributed by atoms with Gasteiger partial charge in [-0.05, 0) is 42.0 Å². The summed E-state index contributed by atoms with van der Waals surface area (Å²) in [6, 6.07) is 23.4. The molecule has 0 aliphatic carbocycles. The molecule has 192 valence electrons. The average molecular weight is 528 g/mol. The molecule has 0 N–H and O–H groups in total. The lowest BCUT2D eigenvalue weighted by Crippen LogP contribution is -2.49. The van der Waals surface area contributed by atoms with E-state index >= 15 is 0 Å². The van der Waals surface area contributed by atoms with Gasteiger partial charge < -0.3 is 9.80 Å². The quantitative estimate of drug-likeness (QED) is 0.501. The fourth-order valence-electron chi connectivity index (χ4n) is 4.95. The number of fused-ring (bicyclic) bond motifs is 3. The second kappa shape index (κ2) is 10.4. The average Bonchev–Trinajstić information content (AvgIpc) is 3.28. The largest absolute Gasteiger partial charge is 0.368 e. The number of amidine groups is 2. The third kappa shape index (κ3) is 4.81. The van der Waals surface area contributed by atoms with Gasteiger partial charge in [-0.25, -0.2) is 14.3 Å². The summed E-state index contributed by atoms with van der Waals surface area (Å²) in [7, 11) is 0. The summed E-state index contributed by atoms with van der Waals surface area (Å²) in [6.45, 7) is 2.53. The Morgan fingerprint density at radius 1 is 0.921 bits per heavy atom. The molecule has 0 unspecified atom stereocenters. The van der Waals surface area contributed by atoms with E-state index in [9.17, 15) is 14.0 Å². The number of hydrogen-bond donors (Lipinski definition) is 0. The summed E-state index contributed by atoms with van der Waals surface area (Å²) in [4.78, 5) is 41.7. The molecule has 0 bridgehead atoms. The number of thioether (sulfide) groups is 1. The van der Waals surface area contributed by atoms with Crippen LogP contribution in [0.15, 0.2) is 88.8 Å². The van der Waals surface area contributed by atoms with Crippen molar-refractivity contribution in [1.29, 1.82) is 0 Å². The standard InChI is InChI=1S/C29H26FN5O2S/c30-21-10-12-22(13-11-21)33-14-16-34(17-15-33)26(36)19-38-29-32-24-9-5-4-8-23(24)27-31-25(28(37)35(27)29)18-20-6-2-1-3-7-20/h1-13,25H,14-19H2/t25-/m1/s1. The number of halogens is 1. The van der Waals surface area contributed by atoms with Gasteiger partial charge in [0.1, 0.15) is 17.7 Å². The second-order valence-corrected chi connectivity index (χ2v) is 10.3. The zero-order valence-corrected chi connectivity index (χ0v) is 21.5. The summed E-state index contributed by atoms with van der Waals surface area (Å²) >= 11 is 1.28. The van der Waals surface area contributed by atoms with Crippen molar-refractivity contribution in [2.45, 2.75) is 12.5 Å². The molecule has 3 aromatic rings. The first-order valence-corrected chi connectivity index (χ1v) is 13.6. The first kappa shape index (κ1) is 24.4. The molecule has 0 spiro atoms. The predicted octanol–water partition coefficient (Wildman–Crippen LogP) is 4.11. The molecule has 3 heterocycles. The monoisotopic (exact) mass is 527 g/mol. The van der Waals surface area contributed by atoms with Crippen LogP contribution in [-0.4, -0.2) is 70.6 Å². The number of carbonyl (C=O) groups excluding carboxylic acids is 2. The maximum Gasteiger partial charge on any atom is 0.259 e. The highest BCUT2D eigenvalue weighted by Crippen LogP contribution is 2.34. The van der Waals surface area contributed by atoms with Crippen LogP contribution < -0.4 is 4.90 Å². The van der Waals surface area contributed by atoms with Crippen molar-refractivity contribution in [2.75, 3.05) is 36.8 Å². The van der Waals surface area contributed by atoms with E-state index in [1.807, 2.05) is 59.5 Å². The van der Waals surface area contributed by atoms with Crippen LogP contribution in [0.2, 0.25) is 0 Å². The maximum atomic E-state index is 13.5. The van der Waals surface area contributed by atoms with Gasteiger partial charge in [0, 0.05) is 43.9 Å². The Bertz CT molecular complexity index is 1420. The number of amides is 2. The van der Waals surface area contributed by atoms with Crippen molar-refractivity contribution < 1.29 is 14.0 Å². The summed E-state index contributed by atoms with van der Waals surface area (Å²) < 4.78 is 13.3. The molecule has 1 fully saturated rings. The number of rotatable bonds is 5. The highest BCUT2D eigenvalue weighted by Gasteiger charge is 2.41. The van der Waals surface area contributed by atoms with Crippen molar-refractivity contribution in [2.24, 2.45) is 9.98 Å². The Morgan fingerprint density at radius 3 is 2.39 bits per heavy atom. The van der Waals surface area contributed by atoms with Crippen molar-refractivity contribution in [1.82, 2.24) is 9.80 Å². The molecule has 0 aromatic heterocycles. The number of nitrogens with zero attached hydrogens (tertiary/aromatic N) is 5. The lowest BCUT2D eigenvalue weighted by molar-refractivity contribution is -0.128. The molecule has 0 saturated carbocycles. The van der Waals surface area contributed by atoms with E-state index in [0.717, 1.165) is 22.5 Å². The van der Waals surface area contributed by atoms with E-state index in [0.29, 0.717) is 43.6 Å². The van der Waals surface area contributed by atoms with E-state index in [4.69, 9.17) is 9.98 Å². The minimum Gasteiger partial charge on any atom is -0.368 e. The Hall–Kier alpha value is -3.98. The van der Waals surface area contributed by atoms with Crippen LogP contribution in [0.25, 0.3) is 0 Å². The lowest BCUT2D eigenvalue weighted by Gasteiger charge is -2.36. The van der Waals surface area contributed by atoms with Crippen LogP contribution in [0.4, 0.5) is 15.8 Å². The van der Waals surface area contributed by atoms with Gasteiger partial charge in [0.05, 0.1) is 11.4 Å². The summed E-state index contributed by atoms with van der Waals surface area (Å²) in [5, 5.41) is 0.487. The van der Waals surface area contributed by atoms with Crippen molar-refractivity contribution >= 4 is 46.0 Å². The fourth-order valence-corrected chi connectivity index (χ4v) is 5.86. The maximum absolute atomic E-state index is 13.5. The predicted molar refractivity (Wildman–Crippen MR) is 149 cm³/mol. The van der Waals surface area contributed by atoms with E-state index in [-0.39, 0.29) is 23.4 Å². The van der Waals surface area contributed by atoms with Gasteiger partial charge in [0.25, 0.3) is 5.91 Å². The summed E-state index contributed by atoms with van der Waals surface area (Å²) in [6.07, 6.45) is 0.511. The normalized spacial score (nSPS) is 18.6. The van der Waals surface area contributed by atoms with Crippen LogP contribution >= 0.6 is 11.8 Å². The number of carbonyl (C=O) groups is 2. The summed E-state index contributed by atoms with van der Waals surface area (Å²) in [5.74, 6) is 0.400. The Labute approximate surface area is 224 Å². The van der Waals surface area contributed by atoms with E-state index in [1.165, 1.54) is 23.9 Å². The minimum absolute atomic E-state index is 0.00119. The van der Waals surface area contributed by atoms with Gasteiger partial charge in [-0.2, -0.15) is 0 Å². The van der Waals surface area contributed by atoms with E-state index in [2.05, 4.69) is 4.90 Å². The number of piperazine rings is 1.